The normalized spacial score (nSPS) is 10.2. The Bertz CT molecular complexity index is 483. The fraction of sp³-hybridized carbons (Fsp3) is 0.400. The highest BCUT2D eigenvalue weighted by atomic mass is 16.5. The van der Waals surface area contributed by atoms with Gasteiger partial charge in [-0.3, -0.25) is 0 Å². The smallest absolute Gasteiger partial charge is 0.245 e. The lowest BCUT2D eigenvalue weighted by Gasteiger charge is -2.04. The lowest BCUT2D eigenvalue weighted by Crippen LogP contribution is -2.06. The van der Waals surface area contributed by atoms with E-state index >= 15 is 0 Å². The zero-order valence-electron chi connectivity index (χ0n) is 9.77. The number of nitrogens with one attached hydrogen (secondary N) is 2. The zero-order valence-corrected chi connectivity index (χ0v) is 9.77. The van der Waals surface area contributed by atoms with E-state index in [4.69, 9.17) is 4.52 Å². The van der Waals surface area contributed by atoms with Crippen molar-refractivity contribution in [3.63, 3.8) is 0 Å². The second-order valence-electron chi connectivity index (χ2n) is 3.38. The van der Waals surface area contributed by atoms with E-state index in [-0.39, 0.29) is 0 Å². The van der Waals surface area contributed by atoms with Crippen molar-refractivity contribution in [3.8, 4) is 0 Å². The number of hydrogen-bond acceptors (Lipinski definition) is 7. The van der Waals surface area contributed by atoms with E-state index < -0.39 is 0 Å². The Hall–Kier alpha value is -2.18. The molecule has 0 amide bonds. The average Bonchev–Trinajstić information content (AvgIpc) is 2.74. The Balaban J connectivity index is 1.96. The summed E-state index contributed by atoms with van der Waals surface area (Å²) in [5.41, 5.74) is 0. The van der Waals surface area contributed by atoms with Crippen molar-refractivity contribution in [3.05, 3.63) is 24.0 Å². The highest BCUT2D eigenvalue weighted by Gasteiger charge is 2.03. The van der Waals surface area contributed by atoms with Crippen LogP contribution in [0.25, 0.3) is 0 Å². The molecular formula is C10H14N6O. The summed E-state index contributed by atoms with van der Waals surface area (Å²) in [6.45, 7) is 5.00. The number of rotatable bonds is 5. The predicted octanol–water partition coefficient (Wildman–Crippen LogP) is 1.21. The number of aryl methyl sites for hydroxylation is 1. The fourth-order valence-corrected chi connectivity index (χ4v) is 1.28. The lowest BCUT2D eigenvalue weighted by atomic mass is 10.5. The molecule has 7 heteroatoms. The minimum Gasteiger partial charge on any atom is -0.361 e. The van der Waals surface area contributed by atoms with Crippen molar-refractivity contribution in [2.45, 2.75) is 20.4 Å². The van der Waals surface area contributed by atoms with E-state index in [1.54, 1.807) is 19.2 Å². The maximum atomic E-state index is 4.98. The first-order valence-electron chi connectivity index (χ1n) is 5.38. The number of hydrogen-bond donors (Lipinski definition) is 2. The maximum absolute atomic E-state index is 4.98. The first-order chi connectivity index (χ1) is 8.28. The lowest BCUT2D eigenvalue weighted by molar-refractivity contribution is 0.379. The molecule has 0 fully saturated rings. The van der Waals surface area contributed by atoms with Crippen LogP contribution in [0.4, 0.5) is 11.8 Å². The van der Waals surface area contributed by atoms with Gasteiger partial charge in [0.1, 0.15) is 5.82 Å². The standard InChI is InChI=1S/C10H14N6O/c1-3-11-10-12-5-4-8(15-10)13-6-9-14-7(2)16-17-9/h4-5H,3,6H2,1-2H3,(H2,11,12,13,15). The molecule has 2 aromatic rings. The van der Waals surface area contributed by atoms with Gasteiger partial charge in [0.2, 0.25) is 11.8 Å². The largest absolute Gasteiger partial charge is 0.361 e. The van der Waals surface area contributed by atoms with E-state index in [0.29, 0.717) is 30.0 Å². The van der Waals surface area contributed by atoms with Gasteiger partial charge >= 0.3 is 0 Å². The molecule has 0 aliphatic carbocycles. The third-order valence-electron chi connectivity index (χ3n) is 1.98. The molecule has 7 nitrogen and oxygen atoms in total. The van der Waals surface area contributed by atoms with Crippen LogP contribution in [-0.2, 0) is 6.54 Å². The summed E-state index contributed by atoms with van der Waals surface area (Å²) in [7, 11) is 0. The number of anilines is 2. The van der Waals surface area contributed by atoms with Gasteiger partial charge in [0.25, 0.3) is 0 Å². The van der Waals surface area contributed by atoms with Crippen LogP contribution in [0.15, 0.2) is 16.8 Å². The summed E-state index contributed by atoms with van der Waals surface area (Å²) in [5.74, 6) is 2.47. The van der Waals surface area contributed by atoms with E-state index in [2.05, 4.69) is 30.7 Å². The second-order valence-corrected chi connectivity index (χ2v) is 3.38. The van der Waals surface area contributed by atoms with Gasteiger partial charge in [0.15, 0.2) is 5.82 Å². The van der Waals surface area contributed by atoms with Gasteiger partial charge in [-0.1, -0.05) is 5.16 Å². The van der Waals surface area contributed by atoms with Crippen molar-refractivity contribution in [2.75, 3.05) is 17.2 Å². The summed E-state index contributed by atoms with van der Waals surface area (Å²) in [6.07, 6.45) is 1.69. The highest BCUT2D eigenvalue weighted by Crippen LogP contribution is 2.07. The average molecular weight is 234 g/mol. The van der Waals surface area contributed by atoms with Crippen molar-refractivity contribution in [1.82, 2.24) is 20.1 Å². The highest BCUT2D eigenvalue weighted by molar-refractivity contribution is 5.39. The molecule has 17 heavy (non-hydrogen) atoms. The van der Waals surface area contributed by atoms with Crippen LogP contribution in [0.2, 0.25) is 0 Å². The molecular weight excluding hydrogens is 220 g/mol. The Morgan fingerprint density at radius 1 is 1.29 bits per heavy atom. The van der Waals surface area contributed by atoms with E-state index in [1.807, 2.05) is 6.92 Å². The van der Waals surface area contributed by atoms with Gasteiger partial charge in [-0.15, -0.1) is 0 Å². The summed E-state index contributed by atoms with van der Waals surface area (Å²) >= 11 is 0. The van der Waals surface area contributed by atoms with Gasteiger partial charge in [0, 0.05) is 12.7 Å². The minimum absolute atomic E-state index is 0.448. The van der Waals surface area contributed by atoms with Gasteiger partial charge in [0.05, 0.1) is 6.54 Å². The number of nitrogens with zero attached hydrogens (tertiary/aromatic N) is 4. The monoisotopic (exact) mass is 234 g/mol. The molecule has 0 bridgehead atoms. The summed E-state index contributed by atoms with van der Waals surface area (Å²) in [6, 6.07) is 1.78. The molecule has 2 heterocycles. The SMILES string of the molecule is CCNc1nccc(NCc2nc(C)no2)n1. The molecule has 0 spiro atoms. The van der Waals surface area contributed by atoms with Gasteiger partial charge in [-0.25, -0.2) is 4.98 Å². The first kappa shape index (κ1) is 11.3. The van der Waals surface area contributed by atoms with Crippen LogP contribution < -0.4 is 10.6 Å². The van der Waals surface area contributed by atoms with Crippen LogP contribution in [0.1, 0.15) is 18.6 Å². The maximum Gasteiger partial charge on any atom is 0.245 e. The Labute approximate surface area is 98.7 Å². The van der Waals surface area contributed by atoms with Crippen LogP contribution in [-0.4, -0.2) is 26.7 Å². The van der Waals surface area contributed by atoms with Gasteiger partial charge < -0.3 is 15.2 Å². The molecule has 2 rings (SSSR count). The van der Waals surface area contributed by atoms with Crippen LogP contribution in [0, 0.1) is 6.92 Å². The van der Waals surface area contributed by atoms with Crippen molar-refractivity contribution < 1.29 is 4.52 Å². The predicted molar refractivity (Wildman–Crippen MR) is 62.6 cm³/mol. The second kappa shape index (κ2) is 5.24. The molecule has 2 N–H and O–H groups in total. The molecule has 0 aliphatic heterocycles. The van der Waals surface area contributed by atoms with Crippen molar-refractivity contribution in [1.29, 1.82) is 0 Å². The zero-order chi connectivity index (χ0) is 12.1. The van der Waals surface area contributed by atoms with Gasteiger partial charge in [-0.05, 0) is 19.9 Å². The van der Waals surface area contributed by atoms with Crippen LogP contribution >= 0.6 is 0 Å². The van der Waals surface area contributed by atoms with Gasteiger partial charge in [-0.2, -0.15) is 9.97 Å². The molecule has 0 aromatic carbocycles. The van der Waals surface area contributed by atoms with E-state index in [9.17, 15) is 0 Å². The van der Waals surface area contributed by atoms with Crippen LogP contribution in [0.5, 0.6) is 0 Å². The minimum atomic E-state index is 0.448. The molecule has 0 atom stereocenters. The summed E-state index contributed by atoms with van der Waals surface area (Å²) in [4.78, 5) is 12.4. The molecule has 2 aromatic heterocycles. The van der Waals surface area contributed by atoms with E-state index in [1.165, 1.54) is 0 Å². The van der Waals surface area contributed by atoms with Crippen molar-refractivity contribution in [2.24, 2.45) is 0 Å². The summed E-state index contributed by atoms with van der Waals surface area (Å²) < 4.78 is 4.98. The fourth-order valence-electron chi connectivity index (χ4n) is 1.28. The molecule has 0 aliphatic rings. The molecule has 90 valence electrons. The molecule has 0 saturated carbocycles. The van der Waals surface area contributed by atoms with Crippen LogP contribution in [0.3, 0.4) is 0 Å². The Morgan fingerprint density at radius 2 is 2.18 bits per heavy atom. The number of aromatic nitrogens is 4. The topological polar surface area (TPSA) is 88.8 Å². The third-order valence-corrected chi connectivity index (χ3v) is 1.98. The Kier molecular flexibility index (Phi) is 3.49. The molecule has 0 saturated heterocycles. The quantitative estimate of drug-likeness (QED) is 0.803. The van der Waals surface area contributed by atoms with E-state index in [0.717, 1.165) is 6.54 Å². The third kappa shape index (κ3) is 3.13. The first-order valence-corrected chi connectivity index (χ1v) is 5.38. The molecule has 0 unspecified atom stereocenters. The molecule has 0 radical (unpaired) electrons. The van der Waals surface area contributed by atoms with Crippen molar-refractivity contribution >= 4 is 11.8 Å². The summed E-state index contributed by atoms with van der Waals surface area (Å²) in [5, 5.41) is 9.83. The Morgan fingerprint density at radius 3 is 2.88 bits per heavy atom.